The number of likely N-dealkylation sites (N-methyl/N-ethyl adjacent to an activating group) is 1. The highest BCUT2D eigenvalue weighted by atomic mass is 16.5. The van der Waals surface area contributed by atoms with Crippen LogP contribution in [0.2, 0.25) is 0 Å². The lowest BCUT2D eigenvalue weighted by Gasteiger charge is -2.45. The van der Waals surface area contributed by atoms with E-state index in [-0.39, 0.29) is 23.7 Å². The fourth-order valence-corrected chi connectivity index (χ4v) is 4.65. The van der Waals surface area contributed by atoms with Gasteiger partial charge in [0.25, 0.3) is 0 Å². The molecule has 30 heavy (non-hydrogen) atoms. The molecule has 1 aliphatic heterocycles. The maximum absolute atomic E-state index is 10.00. The summed E-state index contributed by atoms with van der Waals surface area (Å²) in [6.45, 7) is 5.21. The molecule has 2 unspecified atom stereocenters. The molecular weight excluding hydrogens is 378 g/mol. The number of ether oxygens (including phenoxy) is 2. The van der Waals surface area contributed by atoms with Crippen LogP contribution in [0.15, 0.2) is 29.8 Å². The number of fused-ring (bicyclic) bond motifs is 1. The Labute approximate surface area is 177 Å². The first-order valence-corrected chi connectivity index (χ1v) is 10.00. The number of hydrogen-bond acceptors (Lipinski definition) is 6. The summed E-state index contributed by atoms with van der Waals surface area (Å²) < 4.78 is 11.3. The van der Waals surface area contributed by atoms with Crippen LogP contribution in [-0.2, 0) is 0 Å². The van der Waals surface area contributed by atoms with E-state index >= 15 is 0 Å². The van der Waals surface area contributed by atoms with E-state index in [1.807, 2.05) is 45.2 Å². The van der Waals surface area contributed by atoms with Crippen LogP contribution >= 0.6 is 0 Å². The third kappa shape index (κ3) is 3.30. The topological polar surface area (TPSA) is 118 Å². The van der Waals surface area contributed by atoms with Crippen LogP contribution in [0.4, 0.5) is 0 Å². The fraction of sp³-hybridized carbons (Fsp3) is 0.478. The minimum absolute atomic E-state index is 0.0592. The van der Waals surface area contributed by atoms with Gasteiger partial charge in [0.05, 0.1) is 63.2 Å². The van der Waals surface area contributed by atoms with Crippen molar-refractivity contribution in [2.45, 2.75) is 25.9 Å². The van der Waals surface area contributed by atoms with E-state index in [1.165, 1.54) is 4.90 Å². The Bertz CT molecular complexity index is 994. The van der Waals surface area contributed by atoms with Crippen LogP contribution in [0.25, 0.3) is 0 Å². The van der Waals surface area contributed by atoms with Crippen molar-refractivity contribution in [1.82, 2.24) is 0 Å². The maximum atomic E-state index is 10.00. The normalized spacial score (nSPS) is 27.1. The van der Waals surface area contributed by atoms with Gasteiger partial charge in [-0.05, 0) is 43.2 Å². The molecule has 0 saturated heterocycles. The van der Waals surface area contributed by atoms with Crippen molar-refractivity contribution in [1.29, 1.82) is 21.2 Å². The lowest BCUT2D eigenvalue weighted by atomic mass is 9.55. The van der Waals surface area contributed by atoms with Crippen molar-refractivity contribution in [2.75, 3.05) is 27.2 Å². The molecule has 1 heterocycles. The summed E-state index contributed by atoms with van der Waals surface area (Å²) in [5, 5.41) is 38.5. The minimum Gasteiger partial charge on any atom is -0.493 e. The van der Waals surface area contributed by atoms with Crippen LogP contribution in [0.3, 0.4) is 0 Å². The average molecular weight is 404 g/mol. The molecule has 0 bridgehead atoms. The van der Waals surface area contributed by atoms with Gasteiger partial charge in [-0.1, -0.05) is 6.07 Å². The second-order valence-corrected chi connectivity index (χ2v) is 8.23. The number of hydrogen-bond donors (Lipinski definition) is 2. The summed E-state index contributed by atoms with van der Waals surface area (Å²) in [5.74, 6) is -0.251. The first-order valence-electron chi connectivity index (χ1n) is 10.00. The van der Waals surface area contributed by atoms with E-state index in [0.29, 0.717) is 30.2 Å². The van der Waals surface area contributed by atoms with Crippen molar-refractivity contribution >= 4 is 5.71 Å². The highest BCUT2D eigenvalue weighted by molar-refractivity contribution is 6.01. The van der Waals surface area contributed by atoms with Gasteiger partial charge in [0.2, 0.25) is 5.41 Å². The molecule has 1 aromatic rings. The minimum atomic E-state index is -1.67. The summed E-state index contributed by atoms with van der Waals surface area (Å²) in [4.78, 5) is 1.23. The number of methoxy groups -OCH3 is 1. The SMILES string of the molecule is COc1ccc([C@H]2C(C#N)C(=N)C(C#N)(C#N)C3=CC[NH+](C)C[C@@H]32)cc1OC(C)C. The summed E-state index contributed by atoms with van der Waals surface area (Å²) in [6.07, 6.45) is 1.86. The lowest BCUT2D eigenvalue weighted by molar-refractivity contribution is -0.878. The van der Waals surface area contributed by atoms with Gasteiger partial charge in [-0.2, -0.15) is 15.8 Å². The molecule has 7 heteroatoms. The Morgan fingerprint density at radius 1 is 1.20 bits per heavy atom. The Balaban J connectivity index is 2.20. The van der Waals surface area contributed by atoms with Gasteiger partial charge in [0.1, 0.15) is 0 Å². The van der Waals surface area contributed by atoms with Gasteiger partial charge in [-0.3, -0.25) is 0 Å². The molecule has 0 amide bonds. The summed E-state index contributed by atoms with van der Waals surface area (Å²) >= 11 is 0. The quantitative estimate of drug-likeness (QED) is 0.743. The largest absolute Gasteiger partial charge is 0.493 e. The van der Waals surface area contributed by atoms with Crippen LogP contribution in [0.1, 0.15) is 25.3 Å². The van der Waals surface area contributed by atoms with Gasteiger partial charge in [0, 0.05) is 11.8 Å². The van der Waals surface area contributed by atoms with Crippen molar-refractivity contribution < 1.29 is 14.4 Å². The average Bonchev–Trinajstić information content (AvgIpc) is 2.73. The third-order valence-electron chi connectivity index (χ3n) is 5.99. The molecular formula is C23H26N5O2+. The zero-order valence-corrected chi connectivity index (χ0v) is 17.7. The summed E-state index contributed by atoms with van der Waals surface area (Å²) in [5.41, 5.74) is -0.310. The number of nitriles is 3. The van der Waals surface area contributed by atoms with Gasteiger partial charge >= 0.3 is 0 Å². The van der Waals surface area contributed by atoms with E-state index in [4.69, 9.17) is 14.9 Å². The summed E-state index contributed by atoms with van der Waals surface area (Å²) in [6, 6.07) is 11.9. The smallest absolute Gasteiger partial charge is 0.203 e. The molecule has 1 aromatic carbocycles. The Morgan fingerprint density at radius 2 is 1.90 bits per heavy atom. The van der Waals surface area contributed by atoms with Crippen LogP contribution in [0.5, 0.6) is 11.5 Å². The molecule has 2 aliphatic rings. The third-order valence-corrected chi connectivity index (χ3v) is 5.99. The molecule has 154 valence electrons. The van der Waals surface area contributed by atoms with Crippen LogP contribution in [-0.4, -0.2) is 39.1 Å². The first kappa shape index (κ1) is 21.4. The molecule has 4 atom stereocenters. The standard InChI is InChI=1S/C23H25N5O2/c1-14(2)30-20-9-15(5-6-19(20)29-4)21-16(10-24)22(27)23(12-25,13-26)18-7-8-28(3)11-17(18)21/h5-7,9,14,16-17,21,27H,8,11H2,1-4H3/p+1/t16?,17-,21-/m0/s1. The number of nitrogens with one attached hydrogen (secondary N) is 2. The number of rotatable bonds is 4. The van der Waals surface area contributed by atoms with Crippen molar-refractivity contribution in [3.8, 4) is 29.7 Å². The van der Waals surface area contributed by atoms with Crippen LogP contribution in [0, 0.1) is 56.7 Å². The molecule has 3 rings (SSSR count). The fourth-order valence-electron chi connectivity index (χ4n) is 4.65. The molecule has 1 saturated carbocycles. The predicted octanol–water partition coefficient (Wildman–Crippen LogP) is 1.84. The van der Waals surface area contributed by atoms with E-state index < -0.39 is 11.3 Å². The highest BCUT2D eigenvalue weighted by Crippen LogP contribution is 2.51. The van der Waals surface area contributed by atoms with Gasteiger partial charge in [0.15, 0.2) is 11.5 Å². The monoisotopic (exact) mass is 404 g/mol. The number of benzene rings is 1. The lowest BCUT2D eigenvalue weighted by Crippen LogP contribution is -3.10. The summed E-state index contributed by atoms with van der Waals surface area (Å²) in [7, 11) is 3.62. The second-order valence-electron chi connectivity index (χ2n) is 8.23. The predicted molar refractivity (Wildman–Crippen MR) is 110 cm³/mol. The van der Waals surface area contributed by atoms with E-state index in [2.05, 4.69) is 18.2 Å². The van der Waals surface area contributed by atoms with E-state index in [0.717, 1.165) is 5.56 Å². The second kappa shape index (κ2) is 8.19. The number of quaternary nitrogens is 1. The number of nitrogens with zero attached hydrogens (tertiary/aromatic N) is 3. The van der Waals surface area contributed by atoms with E-state index in [1.54, 1.807) is 7.11 Å². The first-order chi connectivity index (χ1) is 14.3. The van der Waals surface area contributed by atoms with Crippen molar-refractivity contribution in [2.24, 2.45) is 17.3 Å². The van der Waals surface area contributed by atoms with Crippen molar-refractivity contribution in [3.05, 3.63) is 35.4 Å². The van der Waals surface area contributed by atoms with Gasteiger partial charge in [-0.15, -0.1) is 0 Å². The molecule has 1 aliphatic carbocycles. The molecule has 0 aromatic heterocycles. The molecule has 1 fully saturated rings. The van der Waals surface area contributed by atoms with E-state index in [9.17, 15) is 15.8 Å². The Morgan fingerprint density at radius 3 is 2.47 bits per heavy atom. The van der Waals surface area contributed by atoms with Gasteiger partial charge < -0.3 is 19.8 Å². The van der Waals surface area contributed by atoms with Crippen LogP contribution < -0.4 is 14.4 Å². The molecule has 2 N–H and O–H groups in total. The Kier molecular flexibility index (Phi) is 5.83. The Hall–Kier alpha value is -3.34. The zero-order valence-electron chi connectivity index (χ0n) is 17.7. The molecule has 0 radical (unpaired) electrons. The zero-order chi connectivity index (χ0) is 22.1. The van der Waals surface area contributed by atoms with Crippen molar-refractivity contribution in [3.63, 3.8) is 0 Å². The maximum Gasteiger partial charge on any atom is 0.203 e. The highest BCUT2D eigenvalue weighted by Gasteiger charge is 2.57. The van der Waals surface area contributed by atoms with Gasteiger partial charge in [-0.25, -0.2) is 0 Å². The molecule has 0 spiro atoms. The molecule has 7 nitrogen and oxygen atoms in total.